The molecule has 3 aromatic rings. The molecule has 174 valence electrons. The highest BCUT2D eigenvalue weighted by atomic mass is 16.5. The van der Waals surface area contributed by atoms with Crippen molar-refractivity contribution in [1.82, 2.24) is 20.2 Å². The van der Waals surface area contributed by atoms with Gasteiger partial charge in [0.1, 0.15) is 17.8 Å². The van der Waals surface area contributed by atoms with Crippen molar-refractivity contribution in [2.75, 3.05) is 43.6 Å². The second-order valence-corrected chi connectivity index (χ2v) is 8.50. The van der Waals surface area contributed by atoms with E-state index in [0.717, 1.165) is 10.4 Å². The van der Waals surface area contributed by atoms with E-state index < -0.39 is 29.9 Å². The maximum absolute atomic E-state index is 13.3. The molecule has 1 aromatic heterocycles. The van der Waals surface area contributed by atoms with E-state index >= 15 is 0 Å². The van der Waals surface area contributed by atoms with Gasteiger partial charge in [0.25, 0.3) is 5.91 Å². The highest BCUT2D eigenvalue weighted by molar-refractivity contribution is 6.11. The Hall–Kier alpha value is -4.21. The van der Waals surface area contributed by atoms with Gasteiger partial charge in [-0.2, -0.15) is 0 Å². The normalized spacial score (nSPS) is 19.9. The van der Waals surface area contributed by atoms with Crippen molar-refractivity contribution in [2.45, 2.75) is 12.5 Å². The number of carbonyl (C=O) groups is 3. The Kier molecular flexibility index (Phi) is 5.07. The number of hydrogen-bond donors (Lipinski definition) is 1. The van der Waals surface area contributed by atoms with E-state index in [1.165, 1.54) is 4.90 Å². The SMILES string of the molecule is COc1ccc(C2(C)NC(=O)N(CC(=O)N3CCN(C)c4nc5ccccc5nc43)C2=O)cc1. The first kappa shape index (κ1) is 21.6. The zero-order valence-electron chi connectivity index (χ0n) is 19.1. The van der Waals surface area contributed by atoms with E-state index in [0.29, 0.717) is 41.6 Å². The lowest BCUT2D eigenvalue weighted by Gasteiger charge is -2.34. The predicted octanol–water partition coefficient (Wildman–Crippen LogP) is 1.89. The van der Waals surface area contributed by atoms with E-state index in [-0.39, 0.29) is 0 Å². The van der Waals surface area contributed by atoms with E-state index in [2.05, 4.69) is 15.3 Å². The number of anilines is 2. The summed E-state index contributed by atoms with van der Waals surface area (Å²) in [6.45, 7) is 2.15. The number of methoxy groups -OCH3 is 1. The summed E-state index contributed by atoms with van der Waals surface area (Å²) in [4.78, 5) is 53.1. The molecule has 2 aliphatic rings. The summed E-state index contributed by atoms with van der Waals surface area (Å²) < 4.78 is 5.17. The van der Waals surface area contributed by atoms with Crippen molar-refractivity contribution in [3.05, 3.63) is 54.1 Å². The Morgan fingerprint density at radius 3 is 2.32 bits per heavy atom. The summed E-state index contributed by atoms with van der Waals surface area (Å²) >= 11 is 0. The molecule has 0 radical (unpaired) electrons. The third-order valence-electron chi connectivity index (χ3n) is 6.35. The number of para-hydroxylation sites is 2. The largest absolute Gasteiger partial charge is 0.497 e. The summed E-state index contributed by atoms with van der Waals surface area (Å²) in [5, 5.41) is 2.73. The van der Waals surface area contributed by atoms with Crippen LogP contribution in [-0.2, 0) is 15.1 Å². The summed E-state index contributed by atoms with van der Waals surface area (Å²) in [5.74, 6) is 0.746. The number of urea groups is 1. The number of nitrogens with one attached hydrogen (secondary N) is 1. The Bertz CT molecular complexity index is 1310. The number of ether oxygens (including phenoxy) is 1. The van der Waals surface area contributed by atoms with E-state index in [1.807, 2.05) is 36.2 Å². The van der Waals surface area contributed by atoms with Crippen LogP contribution < -0.4 is 19.9 Å². The number of carbonyl (C=O) groups excluding carboxylic acids is 3. The van der Waals surface area contributed by atoms with Gasteiger partial charge >= 0.3 is 6.03 Å². The fraction of sp³-hybridized carbons (Fsp3) is 0.292. The number of amides is 4. The molecule has 2 aromatic carbocycles. The van der Waals surface area contributed by atoms with Crippen LogP contribution in [0.2, 0.25) is 0 Å². The number of nitrogens with zero attached hydrogens (tertiary/aromatic N) is 5. The molecule has 1 atom stereocenters. The number of rotatable bonds is 4. The molecule has 10 nitrogen and oxygen atoms in total. The van der Waals surface area contributed by atoms with Crippen molar-refractivity contribution in [3.8, 4) is 5.75 Å². The smallest absolute Gasteiger partial charge is 0.325 e. The fourth-order valence-electron chi connectivity index (χ4n) is 4.30. The molecule has 3 heterocycles. The van der Waals surface area contributed by atoms with Crippen molar-refractivity contribution in [3.63, 3.8) is 0 Å². The second kappa shape index (κ2) is 7.98. The van der Waals surface area contributed by atoms with Crippen LogP contribution >= 0.6 is 0 Å². The highest BCUT2D eigenvalue weighted by Crippen LogP contribution is 2.32. The Balaban J connectivity index is 1.41. The maximum Gasteiger partial charge on any atom is 0.325 e. The molecule has 10 heteroatoms. The molecule has 1 fully saturated rings. The first-order valence-corrected chi connectivity index (χ1v) is 10.9. The van der Waals surface area contributed by atoms with Crippen LogP contribution in [0, 0.1) is 0 Å². The van der Waals surface area contributed by atoms with Gasteiger partial charge in [0.05, 0.1) is 18.1 Å². The Morgan fingerprint density at radius 2 is 1.68 bits per heavy atom. The standard InChI is InChI=1S/C24H24N6O4/c1-24(15-8-10-16(34-3)11-9-15)22(32)30(23(33)27-24)14-19(31)29-13-12-28(2)20-21(29)26-18-7-5-4-6-17(18)25-20/h4-11H,12-14H2,1-3H3,(H,27,33). The first-order chi connectivity index (χ1) is 16.3. The number of hydrogen-bond acceptors (Lipinski definition) is 7. The molecule has 34 heavy (non-hydrogen) atoms. The van der Waals surface area contributed by atoms with Crippen LogP contribution in [-0.4, -0.2) is 66.5 Å². The van der Waals surface area contributed by atoms with Crippen LogP contribution in [0.1, 0.15) is 12.5 Å². The quantitative estimate of drug-likeness (QED) is 0.593. The molecule has 0 aliphatic carbocycles. The Labute approximate surface area is 196 Å². The molecule has 1 unspecified atom stereocenters. The maximum atomic E-state index is 13.3. The second-order valence-electron chi connectivity index (χ2n) is 8.50. The van der Waals surface area contributed by atoms with Crippen molar-refractivity contribution < 1.29 is 19.1 Å². The topological polar surface area (TPSA) is 108 Å². The molecule has 4 amide bonds. The number of aromatic nitrogens is 2. The molecular formula is C24H24N6O4. The van der Waals surface area contributed by atoms with Gasteiger partial charge in [-0.15, -0.1) is 0 Å². The molecular weight excluding hydrogens is 436 g/mol. The number of likely N-dealkylation sites (N-methyl/N-ethyl adjacent to an activating group) is 1. The van der Waals surface area contributed by atoms with Gasteiger partial charge < -0.3 is 15.0 Å². The minimum Gasteiger partial charge on any atom is -0.497 e. The predicted molar refractivity (Wildman–Crippen MR) is 126 cm³/mol. The van der Waals surface area contributed by atoms with Gasteiger partial charge in [-0.25, -0.2) is 14.8 Å². The number of fused-ring (bicyclic) bond motifs is 2. The van der Waals surface area contributed by atoms with E-state index in [1.54, 1.807) is 38.3 Å². The van der Waals surface area contributed by atoms with Crippen molar-refractivity contribution >= 4 is 40.5 Å². The fourth-order valence-corrected chi connectivity index (χ4v) is 4.30. The number of benzene rings is 2. The van der Waals surface area contributed by atoms with Crippen LogP contribution in [0.15, 0.2) is 48.5 Å². The summed E-state index contributed by atoms with van der Waals surface area (Å²) in [7, 11) is 3.44. The van der Waals surface area contributed by atoms with Crippen molar-refractivity contribution in [1.29, 1.82) is 0 Å². The zero-order valence-corrected chi connectivity index (χ0v) is 19.1. The minimum atomic E-state index is -1.28. The minimum absolute atomic E-state index is 0.370. The summed E-state index contributed by atoms with van der Waals surface area (Å²) in [6.07, 6.45) is 0. The van der Waals surface area contributed by atoms with Gasteiger partial charge in [-0.1, -0.05) is 24.3 Å². The molecule has 0 saturated carbocycles. The highest BCUT2D eigenvalue weighted by Gasteiger charge is 2.50. The first-order valence-electron chi connectivity index (χ1n) is 10.9. The lowest BCUT2D eigenvalue weighted by molar-refractivity contribution is -0.134. The molecule has 0 spiro atoms. The molecule has 2 aliphatic heterocycles. The summed E-state index contributed by atoms with van der Waals surface area (Å²) in [6, 6.07) is 13.7. The van der Waals surface area contributed by atoms with E-state index in [4.69, 9.17) is 4.74 Å². The lowest BCUT2D eigenvalue weighted by atomic mass is 9.92. The van der Waals surface area contributed by atoms with Crippen LogP contribution in [0.3, 0.4) is 0 Å². The van der Waals surface area contributed by atoms with Gasteiger partial charge in [0.2, 0.25) is 5.91 Å². The molecule has 5 rings (SSSR count). The lowest BCUT2D eigenvalue weighted by Crippen LogP contribution is -2.49. The average molecular weight is 460 g/mol. The van der Waals surface area contributed by atoms with Crippen LogP contribution in [0.5, 0.6) is 5.75 Å². The van der Waals surface area contributed by atoms with Crippen LogP contribution in [0.25, 0.3) is 11.0 Å². The molecule has 0 bridgehead atoms. The van der Waals surface area contributed by atoms with Crippen molar-refractivity contribution in [2.24, 2.45) is 0 Å². The van der Waals surface area contributed by atoms with Gasteiger partial charge in [0.15, 0.2) is 11.6 Å². The average Bonchev–Trinajstić information content (AvgIpc) is 3.07. The van der Waals surface area contributed by atoms with Gasteiger partial charge in [-0.05, 0) is 36.8 Å². The number of imide groups is 1. The third-order valence-corrected chi connectivity index (χ3v) is 6.35. The monoisotopic (exact) mass is 460 g/mol. The van der Waals surface area contributed by atoms with Gasteiger partial charge in [0, 0.05) is 20.1 Å². The van der Waals surface area contributed by atoms with E-state index in [9.17, 15) is 14.4 Å². The summed E-state index contributed by atoms with van der Waals surface area (Å²) in [5.41, 5.74) is 0.715. The van der Waals surface area contributed by atoms with Gasteiger partial charge in [-0.3, -0.25) is 19.4 Å². The van der Waals surface area contributed by atoms with Crippen LogP contribution in [0.4, 0.5) is 16.4 Å². The Morgan fingerprint density at radius 1 is 1.03 bits per heavy atom. The molecule has 1 saturated heterocycles. The molecule has 1 N–H and O–H groups in total. The third kappa shape index (κ3) is 3.38. The zero-order chi connectivity index (χ0) is 24.0.